The lowest BCUT2D eigenvalue weighted by molar-refractivity contribution is -0.883. The van der Waals surface area contributed by atoms with Crippen molar-refractivity contribution in [3.8, 4) is 0 Å². The Balaban J connectivity index is 0.00000144. The van der Waals surface area contributed by atoms with E-state index in [1.807, 2.05) is 36.1 Å². The van der Waals surface area contributed by atoms with E-state index < -0.39 is 0 Å². The number of hydrogen-bond acceptors (Lipinski definition) is 1. The highest BCUT2D eigenvalue weighted by atomic mass is 35.5. The van der Waals surface area contributed by atoms with Crippen LogP contribution in [0.25, 0.3) is 0 Å². The molecule has 1 aromatic carbocycles. The van der Waals surface area contributed by atoms with Crippen molar-refractivity contribution < 1.29 is 22.1 Å². The third kappa shape index (κ3) is 3.45. The second kappa shape index (κ2) is 6.03. The van der Waals surface area contributed by atoms with E-state index in [4.69, 9.17) is 0 Å². The van der Waals surface area contributed by atoms with Crippen molar-refractivity contribution >= 4 is 5.91 Å². The molecule has 0 unspecified atom stereocenters. The number of quaternary nitrogens is 1. The van der Waals surface area contributed by atoms with Crippen LogP contribution >= 0.6 is 0 Å². The van der Waals surface area contributed by atoms with Gasteiger partial charge in [-0.2, -0.15) is 0 Å². The molecule has 1 heterocycles. The number of likely N-dealkylation sites (N-methyl/N-ethyl adjacent to an activating group) is 1. The van der Waals surface area contributed by atoms with E-state index in [2.05, 4.69) is 7.05 Å². The summed E-state index contributed by atoms with van der Waals surface area (Å²) in [6.07, 6.45) is 0. The number of carbonyl (C=O) groups is 1. The molecule has 1 N–H and O–H groups in total. The summed E-state index contributed by atoms with van der Waals surface area (Å²) in [4.78, 5) is 15.6. The molecular weight excluding hydrogens is 236 g/mol. The second-order valence-electron chi connectivity index (χ2n) is 4.62. The smallest absolute Gasteiger partial charge is 0.254 e. The summed E-state index contributed by atoms with van der Waals surface area (Å²) in [7, 11) is 2.18. The highest BCUT2D eigenvalue weighted by molar-refractivity contribution is 5.94. The van der Waals surface area contributed by atoms with Gasteiger partial charge in [0.1, 0.15) is 0 Å². The van der Waals surface area contributed by atoms with E-state index >= 15 is 0 Å². The van der Waals surface area contributed by atoms with Gasteiger partial charge in [0, 0.05) is 5.56 Å². The number of nitrogens with zero attached hydrogens (tertiary/aromatic N) is 1. The van der Waals surface area contributed by atoms with Crippen LogP contribution in [0.4, 0.5) is 0 Å². The normalized spacial score (nSPS) is 16.5. The molecule has 1 aromatic rings. The Morgan fingerprint density at radius 1 is 1.29 bits per heavy atom. The number of nitrogens with one attached hydrogen (secondary N) is 1. The molecule has 0 aromatic heterocycles. The topological polar surface area (TPSA) is 24.8 Å². The number of aryl methyl sites for hydroxylation is 1. The maximum atomic E-state index is 12.2. The van der Waals surface area contributed by atoms with Gasteiger partial charge in [-0.15, -0.1) is 0 Å². The van der Waals surface area contributed by atoms with Crippen LogP contribution < -0.4 is 17.3 Å². The molecule has 1 fully saturated rings. The maximum Gasteiger partial charge on any atom is 0.254 e. The summed E-state index contributed by atoms with van der Waals surface area (Å²) in [5.41, 5.74) is 1.96. The van der Waals surface area contributed by atoms with Gasteiger partial charge < -0.3 is 22.2 Å². The molecule has 0 radical (unpaired) electrons. The van der Waals surface area contributed by atoms with Crippen LogP contribution in [0.5, 0.6) is 0 Å². The number of benzene rings is 1. The van der Waals surface area contributed by atoms with Crippen molar-refractivity contribution in [1.29, 1.82) is 0 Å². The Morgan fingerprint density at radius 3 is 2.53 bits per heavy atom. The van der Waals surface area contributed by atoms with Gasteiger partial charge in [0.05, 0.1) is 33.2 Å². The summed E-state index contributed by atoms with van der Waals surface area (Å²) in [5, 5.41) is 0. The SMILES string of the molecule is Cc1cccc(C(=O)N2CC[NH+](C)CC2)c1.[Cl-]. The van der Waals surface area contributed by atoms with Gasteiger partial charge in [-0.1, -0.05) is 17.7 Å². The number of halogens is 1. The zero-order valence-electron chi connectivity index (χ0n) is 10.4. The first-order valence-corrected chi connectivity index (χ1v) is 5.84. The quantitative estimate of drug-likeness (QED) is 0.567. The lowest BCUT2D eigenvalue weighted by Gasteiger charge is -2.30. The van der Waals surface area contributed by atoms with Crippen LogP contribution in [-0.2, 0) is 0 Å². The Morgan fingerprint density at radius 2 is 1.94 bits per heavy atom. The molecular formula is C13H19ClN2O. The molecule has 0 spiro atoms. The van der Waals surface area contributed by atoms with Crippen molar-refractivity contribution in [1.82, 2.24) is 4.90 Å². The van der Waals surface area contributed by atoms with E-state index in [1.165, 1.54) is 4.90 Å². The molecule has 4 heteroatoms. The molecule has 1 aliphatic rings. The van der Waals surface area contributed by atoms with Crippen LogP contribution in [0, 0.1) is 6.92 Å². The van der Waals surface area contributed by atoms with E-state index in [0.29, 0.717) is 0 Å². The Bertz CT molecular complexity index is 387. The fourth-order valence-electron chi connectivity index (χ4n) is 2.05. The molecule has 94 valence electrons. The highest BCUT2D eigenvalue weighted by Gasteiger charge is 2.22. The fourth-order valence-corrected chi connectivity index (χ4v) is 2.05. The average Bonchev–Trinajstić information content (AvgIpc) is 2.29. The molecule has 1 saturated heterocycles. The fraction of sp³-hybridized carbons (Fsp3) is 0.462. The Labute approximate surface area is 109 Å². The van der Waals surface area contributed by atoms with Gasteiger partial charge in [0.15, 0.2) is 0 Å². The molecule has 0 saturated carbocycles. The van der Waals surface area contributed by atoms with Gasteiger partial charge in [-0.3, -0.25) is 4.79 Å². The monoisotopic (exact) mass is 254 g/mol. The molecule has 1 aliphatic heterocycles. The van der Waals surface area contributed by atoms with Gasteiger partial charge in [0.2, 0.25) is 0 Å². The summed E-state index contributed by atoms with van der Waals surface area (Å²) in [6.45, 7) is 5.87. The summed E-state index contributed by atoms with van der Waals surface area (Å²) in [6, 6.07) is 7.84. The van der Waals surface area contributed by atoms with E-state index in [1.54, 1.807) is 0 Å². The van der Waals surface area contributed by atoms with Crippen LogP contribution in [0.3, 0.4) is 0 Å². The van der Waals surface area contributed by atoms with Crippen molar-refractivity contribution in [2.75, 3.05) is 33.2 Å². The Kier molecular flexibility index (Phi) is 4.97. The molecule has 0 atom stereocenters. The van der Waals surface area contributed by atoms with Gasteiger partial charge in [-0.05, 0) is 19.1 Å². The average molecular weight is 255 g/mol. The molecule has 17 heavy (non-hydrogen) atoms. The number of rotatable bonds is 1. The van der Waals surface area contributed by atoms with E-state index in [-0.39, 0.29) is 18.3 Å². The summed E-state index contributed by atoms with van der Waals surface area (Å²) >= 11 is 0. The lowest BCUT2D eigenvalue weighted by atomic mass is 10.1. The van der Waals surface area contributed by atoms with Crippen molar-refractivity contribution in [2.45, 2.75) is 6.92 Å². The summed E-state index contributed by atoms with van der Waals surface area (Å²) in [5.74, 6) is 0.177. The first kappa shape index (κ1) is 14.0. The van der Waals surface area contributed by atoms with E-state index in [9.17, 15) is 4.79 Å². The molecule has 0 aliphatic carbocycles. The molecule has 2 rings (SSSR count). The zero-order valence-corrected chi connectivity index (χ0v) is 11.1. The maximum absolute atomic E-state index is 12.2. The molecule has 1 amide bonds. The van der Waals surface area contributed by atoms with E-state index in [0.717, 1.165) is 37.3 Å². The van der Waals surface area contributed by atoms with Crippen molar-refractivity contribution in [3.63, 3.8) is 0 Å². The summed E-state index contributed by atoms with van der Waals surface area (Å²) < 4.78 is 0. The van der Waals surface area contributed by atoms with Crippen LogP contribution in [-0.4, -0.2) is 44.0 Å². The second-order valence-corrected chi connectivity index (χ2v) is 4.62. The predicted octanol–water partition coefficient (Wildman–Crippen LogP) is -3.03. The number of amides is 1. The third-order valence-electron chi connectivity index (χ3n) is 3.17. The largest absolute Gasteiger partial charge is 1.00 e. The zero-order chi connectivity index (χ0) is 11.5. The minimum atomic E-state index is 0. The predicted molar refractivity (Wildman–Crippen MR) is 63.7 cm³/mol. The Hall–Kier alpha value is -1.06. The van der Waals surface area contributed by atoms with Gasteiger partial charge in [-0.25, -0.2) is 0 Å². The lowest BCUT2D eigenvalue weighted by Crippen LogP contribution is -3.12. The standard InChI is InChI=1S/C13H18N2O.ClH/c1-11-4-3-5-12(10-11)13(16)15-8-6-14(2)7-9-15;/h3-5,10H,6-9H2,1-2H3;1H. The number of carbonyl (C=O) groups excluding carboxylic acids is 1. The van der Waals surface area contributed by atoms with Crippen LogP contribution in [0.2, 0.25) is 0 Å². The van der Waals surface area contributed by atoms with Crippen LogP contribution in [0.15, 0.2) is 24.3 Å². The minimum absolute atomic E-state index is 0. The van der Waals surface area contributed by atoms with Gasteiger partial charge in [0.25, 0.3) is 5.91 Å². The number of piperazine rings is 1. The first-order chi connectivity index (χ1) is 7.66. The van der Waals surface area contributed by atoms with Gasteiger partial charge >= 0.3 is 0 Å². The molecule has 3 nitrogen and oxygen atoms in total. The molecule has 0 bridgehead atoms. The highest BCUT2D eigenvalue weighted by Crippen LogP contribution is 2.07. The third-order valence-corrected chi connectivity index (χ3v) is 3.17. The first-order valence-electron chi connectivity index (χ1n) is 5.84. The van der Waals surface area contributed by atoms with Crippen LogP contribution in [0.1, 0.15) is 15.9 Å². The minimum Gasteiger partial charge on any atom is -1.00 e. The number of hydrogen-bond donors (Lipinski definition) is 1. The van der Waals surface area contributed by atoms with Crippen molar-refractivity contribution in [2.24, 2.45) is 0 Å². The van der Waals surface area contributed by atoms with Crippen molar-refractivity contribution in [3.05, 3.63) is 35.4 Å².